The van der Waals surface area contributed by atoms with Gasteiger partial charge in [0.1, 0.15) is 10.4 Å². The molecule has 1 N–H and O–H groups in total. The van der Waals surface area contributed by atoms with E-state index < -0.39 is 27.8 Å². The number of nitrogens with one attached hydrogen (secondary N) is 1. The van der Waals surface area contributed by atoms with Crippen LogP contribution in [0.4, 0.5) is 0 Å². The minimum atomic E-state index is -3.09. The van der Waals surface area contributed by atoms with Crippen molar-refractivity contribution in [2.24, 2.45) is 0 Å². The smallest absolute Gasteiger partial charge is 0.266 e. The van der Waals surface area contributed by atoms with E-state index in [2.05, 4.69) is 5.32 Å². The maximum absolute atomic E-state index is 12.7. The number of thiocarbonyl (C=S) groups is 1. The number of benzene rings is 1. The molecule has 0 bridgehead atoms. The molecule has 0 radical (unpaired) electrons. The molecule has 138 valence electrons. The summed E-state index contributed by atoms with van der Waals surface area (Å²) in [6, 6.07) is 8.18. The van der Waals surface area contributed by atoms with E-state index in [1.807, 2.05) is 30.3 Å². The highest BCUT2D eigenvalue weighted by Crippen LogP contribution is 2.34. The van der Waals surface area contributed by atoms with Crippen molar-refractivity contribution in [1.29, 1.82) is 0 Å². The van der Waals surface area contributed by atoms with Gasteiger partial charge in [0.15, 0.2) is 9.84 Å². The summed E-state index contributed by atoms with van der Waals surface area (Å²) in [5, 5.41) is 2.72. The van der Waals surface area contributed by atoms with Crippen LogP contribution < -0.4 is 5.32 Å². The summed E-state index contributed by atoms with van der Waals surface area (Å²) in [7, 11) is -3.09. The van der Waals surface area contributed by atoms with E-state index >= 15 is 0 Å². The van der Waals surface area contributed by atoms with Gasteiger partial charge in [0.2, 0.25) is 5.91 Å². The monoisotopic (exact) mass is 410 g/mol. The van der Waals surface area contributed by atoms with Gasteiger partial charge in [-0.15, -0.1) is 0 Å². The van der Waals surface area contributed by atoms with Crippen LogP contribution in [0.2, 0.25) is 0 Å². The molecule has 3 rings (SSSR count). The molecule has 9 heteroatoms. The van der Waals surface area contributed by atoms with Gasteiger partial charge >= 0.3 is 0 Å². The lowest BCUT2D eigenvalue weighted by Crippen LogP contribution is -2.50. The van der Waals surface area contributed by atoms with Crippen molar-refractivity contribution in [3.63, 3.8) is 0 Å². The van der Waals surface area contributed by atoms with Crippen molar-refractivity contribution >= 4 is 56.0 Å². The van der Waals surface area contributed by atoms with E-state index in [-0.39, 0.29) is 17.4 Å². The van der Waals surface area contributed by atoms with Crippen LogP contribution in [0.3, 0.4) is 0 Å². The summed E-state index contributed by atoms with van der Waals surface area (Å²) < 4.78 is 23.4. The zero-order valence-corrected chi connectivity index (χ0v) is 16.5. The zero-order chi connectivity index (χ0) is 18.9. The fourth-order valence-electron chi connectivity index (χ4n) is 2.86. The van der Waals surface area contributed by atoms with E-state index in [4.69, 9.17) is 12.2 Å². The molecule has 0 spiro atoms. The second-order valence-electron chi connectivity index (χ2n) is 6.25. The van der Waals surface area contributed by atoms with Crippen LogP contribution in [-0.2, 0) is 19.4 Å². The predicted molar refractivity (Wildman–Crippen MR) is 106 cm³/mol. The summed E-state index contributed by atoms with van der Waals surface area (Å²) in [4.78, 5) is 26.9. The lowest BCUT2D eigenvalue weighted by atomic mass is 10.2. The molecule has 2 aliphatic heterocycles. The van der Waals surface area contributed by atoms with Gasteiger partial charge in [-0.2, -0.15) is 0 Å². The van der Waals surface area contributed by atoms with Crippen molar-refractivity contribution < 1.29 is 18.0 Å². The Morgan fingerprint density at radius 1 is 1.38 bits per heavy atom. The topological polar surface area (TPSA) is 83.6 Å². The molecule has 0 aromatic heterocycles. The number of sulfone groups is 1. The van der Waals surface area contributed by atoms with Gasteiger partial charge in [-0.25, -0.2) is 8.42 Å². The van der Waals surface area contributed by atoms with Crippen LogP contribution in [-0.4, -0.2) is 53.0 Å². The first-order valence-corrected chi connectivity index (χ1v) is 11.1. The van der Waals surface area contributed by atoms with Gasteiger partial charge in [-0.05, 0) is 25.0 Å². The molecule has 0 saturated carbocycles. The van der Waals surface area contributed by atoms with Crippen LogP contribution in [0, 0.1) is 0 Å². The first kappa shape index (κ1) is 19.1. The molecule has 2 saturated heterocycles. The highest BCUT2D eigenvalue weighted by Gasteiger charge is 2.39. The highest BCUT2D eigenvalue weighted by molar-refractivity contribution is 8.26. The Kier molecular flexibility index (Phi) is 5.50. The molecule has 2 heterocycles. The second kappa shape index (κ2) is 7.50. The number of hydrogen-bond acceptors (Lipinski definition) is 6. The molecule has 2 amide bonds. The summed E-state index contributed by atoms with van der Waals surface area (Å²) in [5.41, 5.74) is 0.876. The van der Waals surface area contributed by atoms with Gasteiger partial charge < -0.3 is 5.32 Å². The standard InChI is InChI=1S/C17H18N2O4S3/c1-11(15(20)18-13-7-8-26(22,23)10-13)19-16(21)14(25-17(19)24)9-12-5-3-2-4-6-12/h2-6,9,11,13H,7-8,10H2,1H3,(H,18,20)/b14-9-/t11-,13+/m0/s1. The first-order valence-electron chi connectivity index (χ1n) is 8.10. The van der Waals surface area contributed by atoms with Gasteiger partial charge in [0, 0.05) is 6.04 Å². The van der Waals surface area contributed by atoms with Crippen LogP contribution in [0.15, 0.2) is 35.2 Å². The average Bonchev–Trinajstić information content (AvgIpc) is 3.06. The second-order valence-corrected chi connectivity index (χ2v) is 10.2. The minimum absolute atomic E-state index is 0.0578. The Hall–Kier alpha value is -1.71. The predicted octanol–water partition coefficient (Wildman–Crippen LogP) is 1.58. The molecule has 1 aromatic carbocycles. The van der Waals surface area contributed by atoms with Crippen LogP contribution >= 0.6 is 24.0 Å². The van der Waals surface area contributed by atoms with Crippen molar-refractivity contribution in [3.05, 3.63) is 40.8 Å². The summed E-state index contributed by atoms with van der Waals surface area (Å²) in [6.07, 6.45) is 2.14. The highest BCUT2D eigenvalue weighted by atomic mass is 32.2. The fourth-order valence-corrected chi connectivity index (χ4v) is 5.95. The molecule has 6 nitrogen and oxygen atoms in total. The van der Waals surface area contributed by atoms with Crippen molar-refractivity contribution in [2.45, 2.75) is 25.4 Å². The number of carbonyl (C=O) groups is 2. The SMILES string of the molecule is C[C@@H](C(=O)N[C@@H]1CCS(=O)(=O)C1)N1C(=O)/C(=C/c2ccccc2)SC1=S. The molecule has 2 atom stereocenters. The normalized spacial score (nSPS) is 24.9. The number of amides is 2. The summed E-state index contributed by atoms with van der Waals surface area (Å²) in [5.74, 6) is -0.694. The van der Waals surface area contributed by atoms with E-state index in [0.29, 0.717) is 15.6 Å². The summed E-state index contributed by atoms with van der Waals surface area (Å²) >= 11 is 6.43. The lowest BCUT2D eigenvalue weighted by molar-refractivity contribution is -0.132. The Bertz CT molecular complexity index is 881. The first-order chi connectivity index (χ1) is 12.3. The van der Waals surface area contributed by atoms with E-state index in [9.17, 15) is 18.0 Å². The quantitative estimate of drug-likeness (QED) is 0.599. The van der Waals surface area contributed by atoms with Crippen molar-refractivity contribution in [2.75, 3.05) is 11.5 Å². The molecule has 2 aliphatic rings. The van der Waals surface area contributed by atoms with Crippen LogP contribution in [0.25, 0.3) is 6.08 Å². The molecule has 26 heavy (non-hydrogen) atoms. The Morgan fingerprint density at radius 2 is 2.08 bits per heavy atom. The fraction of sp³-hybridized carbons (Fsp3) is 0.353. The molecular weight excluding hydrogens is 392 g/mol. The van der Waals surface area contributed by atoms with Gasteiger partial charge in [-0.1, -0.05) is 54.3 Å². The third kappa shape index (κ3) is 4.16. The van der Waals surface area contributed by atoms with Crippen molar-refractivity contribution in [3.8, 4) is 0 Å². The van der Waals surface area contributed by atoms with E-state index in [1.165, 1.54) is 4.90 Å². The Labute approximate surface area is 161 Å². The average molecular weight is 411 g/mol. The third-order valence-corrected chi connectivity index (χ3v) is 7.36. The largest absolute Gasteiger partial charge is 0.351 e. The Balaban J connectivity index is 1.70. The molecule has 0 unspecified atom stereocenters. The number of rotatable bonds is 4. The molecule has 1 aromatic rings. The number of hydrogen-bond donors (Lipinski definition) is 1. The minimum Gasteiger partial charge on any atom is -0.351 e. The number of thioether (sulfide) groups is 1. The van der Waals surface area contributed by atoms with E-state index in [0.717, 1.165) is 17.3 Å². The van der Waals surface area contributed by atoms with Gasteiger partial charge in [-0.3, -0.25) is 14.5 Å². The Morgan fingerprint density at radius 3 is 2.69 bits per heavy atom. The van der Waals surface area contributed by atoms with Crippen LogP contribution in [0.1, 0.15) is 18.9 Å². The third-order valence-electron chi connectivity index (χ3n) is 4.27. The number of carbonyl (C=O) groups excluding carboxylic acids is 2. The molecular formula is C17H18N2O4S3. The van der Waals surface area contributed by atoms with Crippen molar-refractivity contribution in [1.82, 2.24) is 10.2 Å². The zero-order valence-electron chi connectivity index (χ0n) is 14.0. The molecule has 2 fully saturated rings. The number of nitrogens with zero attached hydrogens (tertiary/aromatic N) is 1. The lowest BCUT2D eigenvalue weighted by Gasteiger charge is -2.23. The maximum atomic E-state index is 12.7. The molecule has 0 aliphatic carbocycles. The van der Waals surface area contributed by atoms with E-state index in [1.54, 1.807) is 13.0 Å². The maximum Gasteiger partial charge on any atom is 0.266 e. The van der Waals surface area contributed by atoms with Crippen LogP contribution in [0.5, 0.6) is 0 Å². The van der Waals surface area contributed by atoms with Gasteiger partial charge in [0.25, 0.3) is 5.91 Å². The summed E-state index contributed by atoms with van der Waals surface area (Å²) in [6.45, 7) is 1.59. The van der Waals surface area contributed by atoms with Gasteiger partial charge in [0.05, 0.1) is 16.4 Å².